The van der Waals surface area contributed by atoms with E-state index in [0.717, 1.165) is 28.9 Å². The molecule has 0 bridgehead atoms. The first-order valence-corrected chi connectivity index (χ1v) is 8.39. The molecular weight excluding hydrogens is 308 g/mol. The van der Waals surface area contributed by atoms with Crippen LogP contribution in [0.15, 0.2) is 35.7 Å². The number of aromatic hydroxyl groups is 1. The van der Waals surface area contributed by atoms with Crippen LogP contribution in [0.25, 0.3) is 10.2 Å². The third-order valence-corrected chi connectivity index (χ3v) is 5.32. The highest BCUT2D eigenvalue weighted by Crippen LogP contribution is 2.39. The molecule has 5 nitrogen and oxygen atoms in total. The highest BCUT2D eigenvalue weighted by molar-refractivity contribution is 7.19. The minimum absolute atomic E-state index is 0.222. The zero-order valence-corrected chi connectivity index (χ0v) is 13.5. The van der Waals surface area contributed by atoms with E-state index in [-0.39, 0.29) is 5.75 Å². The molecule has 2 aromatic heterocycles. The van der Waals surface area contributed by atoms with E-state index in [4.69, 9.17) is 0 Å². The largest absolute Gasteiger partial charge is 0.507 e. The number of para-hydroxylation sites is 1. The van der Waals surface area contributed by atoms with Crippen molar-refractivity contribution in [2.75, 3.05) is 5.43 Å². The number of phenolic OH excluding ortho intramolecular Hbond substituents is 1. The van der Waals surface area contributed by atoms with E-state index >= 15 is 0 Å². The first kappa shape index (κ1) is 14.1. The number of rotatable bonds is 3. The van der Waals surface area contributed by atoms with Gasteiger partial charge in [-0.3, -0.25) is 5.43 Å². The van der Waals surface area contributed by atoms with Crippen molar-refractivity contribution in [2.45, 2.75) is 26.2 Å². The van der Waals surface area contributed by atoms with Gasteiger partial charge in [-0.15, -0.1) is 11.3 Å². The molecule has 23 heavy (non-hydrogen) atoms. The predicted molar refractivity (Wildman–Crippen MR) is 93.4 cm³/mol. The average Bonchev–Trinajstić information content (AvgIpc) is 3.13. The lowest BCUT2D eigenvalue weighted by Crippen LogP contribution is -2.02. The Morgan fingerprint density at radius 2 is 2.13 bits per heavy atom. The number of hydrogen-bond donors (Lipinski definition) is 2. The maximum atomic E-state index is 9.91. The molecule has 0 saturated carbocycles. The summed E-state index contributed by atoms with van der Waals surface area (Å²) in [6.07, 6.45) is 4.99. The van der Waals surface area contributed by atoms with Crippen LogP contribution in [-0.4, -0.2) is 20.8 Å². The van der Waals surface area contributed by atoms with Gasteiger partial charge in [0, 0.05) is 10.4 Å². The van der Waals surface area contributed by atoms with Crippen LogP contribution in [0.4, 0.5) is 5.82 Å². The molecule has 1 aromatic carbocycles. The van der Waals surface area contributed by atoms with E-state index in [1.807, 2.05) is 19.1 Å². The Morgan fingerprint density at radius 1 is 1.26 bits per heavy atom. The SMILES string of the molecule is C/C(=N\Nc1ncnc2sc3c(c12)CCC3)c1ccccc1O. The van der Waals surface area contributed by atoms with Crippen LogP contribution < -0.4 is 5.43 Å². The third kappa shape index (κ3) is 2.45. The van der Waals surface area contributed by atoms with Gasteiger partial charge in [-0.1, -0.05) is 12.1 Å². The number of aryl methyl sites for hydroxylation is 2. The van der Waals surface area contributed by atoms with Gasteiger partial charge in [0.1, 0.15) is 16.9 Å². The van der Waals surface area contributed by atoms with Gasteiger partial charge >= 0.3 is 0 Å². The van der Waals surface area contributed by atoms with Crippen molar-refractivity contribution < 1.29 is 5.11 Å². The fraction of sp³-hybridized carbons (Fsp3) is 0.235. The molecule has 3 aromatic rings. The summed E-state index contributed by atoms with van der Waals surface area (Å²) in [4.78, 5) is 11.2. The quantitative estimate of drug-likeness (QED) is 0.569. The van der Waals surface area contributed by atoms with Crippen molar-refractivity contribution >= 4 is 33.1 Å². The number of hydrogen-bond acceptors (Lipinski definition) is 6. The molecule has 4 rings (SSSR count). The monoisotopic (exact) mass is 324 g/mol. The van der Waals surface area contributed by atoms with Crippen molar-refractivity contribution in [1.82, 2.24) is 9.97 Å². The number of aromatic nitrogens is 2. The molecule has 0 unspecified atom stereocenters. The molecule has 0 atom stereocenters. The number of benzene rings is 1. The molecule has 0 radical (unpaired) electrons. The first-order valence-electron chi connectivity index (χ1n) is 7.58. The smallest absolute Gasteiger partial charge is 0.158 e. The molecule has 2 heterocycles. The van der Waals surface area contributed by atoms with Gasteiger partial charge < -0.3 is 5.11 Å². The van der Waals surface area contributed by atoms with Crippen molar-refractivity contribution in [1.29, 1.82) is 0 Å². The molecule has 6 heteroatoms. The van der Waals surface area contributed by atoms with Gasteiger partial charge in [0.15, 0.2) is 5.82 Å². The van der Waals surface area contributed by atoms with Crippen molar-refractivity contribution in [3.8, 4) is 5.75 Å². The summed E-state index contributed by atoms with van der Waals surface area (Å²) >= 11 is 1.75. The number of phenols is 1. The van der Waals surface area contributed by atoms with Crippen LogP contribution in [0.5, 0.6) is 5.75 Å². The second kappa shape index (κ2) is 5.62. The minimum Gasteiger partial charge on any atom is -0.507 e. The molecule has 0 aliphatic heterocycles. The Labute approximate surface area is 137 Å². The first-order chi connectivity index (χ1) is 11.2. The molecule has 0 fully saturated rings. The second-order valence-electron chi connectivity index (χ2n) is 5.59. The Balaban J connectivity index is 1.71. The number of thiophene rings is 1. The maximum absolute atomic E-state index is 9.91. The number of fused-ring (bicyclic) bond motifs is 3. The highest BCUT2D eigenvalue weighted by atomic mass is 32.1. The lowest BCUT2D eigenvalue weighted by molar-refractivity contribution is 0.474. The standard InChI is InChI=1S/C17H16N4OS/c1-10(11-5-2-3-7-13(11)22)20-21-16-15-12-6-4-8-14(12)23-17(15)19-9-18-16/h2-3,5,7,9,22H,4,6,8H2,1H3,(H,18,19,21)/b20-10+. The van der Waals surface area contributed by atoms with Crippen LogP contribution in [-0.2, 0) is 12.8 Å². The molecule has 116 valence electrons. The normalized spacial score (nSPS) is 14.2. The van der Waals surface area contributed by atoms with Gasteiger partial charge in [-0.25, -0.2) is 9.97 Å². The lowest BCUT2D eigenvalue weighted by Gasteiger charge is -2.06. The molecular formula is C17H16N4OS. The van der Waals surface area contributed by atoms with Gasteiger partial charge in [-0.2, -0.15) is 5.10 Å². The van der Waals surface area contributed by atoms with Gasteiger partial charge in [0.05, 0.1) is 11.1 Å². The highest BCUT2D eigenvalue weighted by Gasteiger charge is 2.21. The average molecular weight is 324 g/mol. The fourth-order valence-electron chi connectivity index (χ4n) is 2.99. The Bertz CT molecular complexity index is 916. The second-order valence-corrected chi connectivity index (χ2v) is 6.67. The third-order valence-electron chi connectivity index (χ3n) is 4.12. The molecule has 2 N–H and O–H groups in total. The summed E-state index contributed by atoms with van der Waals surface area (Å²) in [5.74, 6) is 0.962. The van der Waals surface area contributed by atoms with Crippen LogP contribution in [0.2, 0.25) is 0 Å². The van der Waals surface area contributed by atoms with E-state index in [1.54, 1.807) is 29.8 Å². The van der Waals surface area contributed by atoms with E-state index in [9.17, 15) is 5.11 Å². The number of anilines is 1. The summed E-state index contributed by atoms with van der Waals surface area (Å²) < 4.78 is 0. The summed E-state index contributed by atoms with van der Waals surface area (Å²) in [5.41, 5.74) is 5.84. The zero-order chi connectivity index (χ0) is 15.8. The van der Waals surface area contributed by atoms with E-state index < -0.39 is 0 Å². The van der Waals surface area contributed by atoms with Crippen LogP contribution in [0.1, 0.15) is 29.3 Å². The maximum Gasteiger partial charge on any atom is 0.158 e. The minimum atomic E-state index is 0.222. The summed E-state index contributed by atoms with van der Waals surface area (Å²) in [7, 11) is 0. The van der Waals surface area contributed by atoms with Gasteiger partial charge in [0.25, 0.3) is 0 Å². The Kier molecular flexibility index (Phi) is 3.46. The van der Waals surface area contributed by atoms with Crippen molar-refractivity contribution in [3.63, 3.8) is 0 Å². The topological polar surface area (TPSA) is 70.4 Å². The van der Waals surface area contributed by atoms with Crippen molar-refractivity contribution in [3.05, 3.63) is 46.6 Å². The lowest BCUT2D eigenvalue weighted by atomic mass is 10.1. The van der Waals surface area contributed by atoms with E-state index in [1.165, 1.54) is 16.9 Å². The Hall–Kier alpha value is -2.47. The van der Waals surface area contributed by atoms with Crippen LogP contribution in [0.3, 0.4) is 0 Å². The zero-order valence-electron chi connectivity index (χ0n) is 12.7. The Morgan fingerprint density at radius 3 is 3.00 bits per heavy atom. The van der Waals surface area contributed by atoms with Gasteiger partial charge in [0.2, 0.25) is 0 Å². The summed E-state index contributed by atoms with van der Waals surface area (Å²) in [6, 6.07) is 7.17. The molecule has 0 saturated heterocycles. The molecule has 0 spiro atoms. The van der Waals surface area contributed by atoms with Crippen LogP contribution >= 0.6 is 11.3 Å². The van der Waals surface area contributed by atoms with Gasteiger partial charge in [-0.05, 0) is 43.9 Å². The molecule has 1 aliphatic carbocycles. The van der Waals surface area contributed by atoms with Crippen molar-refractivity contribution in [2.24, 2.45) is 5.10 Å². The molecule has 0 amide bonds. The summed E-state index contributed by atoms with van der Waals surface area (Å²) in [6.45, 7) is 1.86. The van der Waals surface area contributed by atoms with Crippen LogP contribution in [0, 0.1) is 0 Å². The number of hydrazone groups is 1. The fourth-order valence-corrected chi connectivity index (χ4v) is 4.22. The summed E-state index contributed by atoms with van der Waals surface area (Å²) in [5, 5.41) is 15.4. The molecule has 1 aliphatic rings. The number of nitrogens with zero attached hydrogens (tertiary/aromatic N) is 3. The number of nitrogens with one attached hydrogen (secondary N) is 1. The predicted octanol–water partition coefficient (Wildman–Crippen LogP) is 3.72. The van der Waals surface area contributed by atoms with E-state index in [0.29, 0.717) is 11.3 Å². The van der Waals surface area contributed by atoms with E-state index in [2.05, 4.69) is 20.5 Å².